The van der Waals surface area contributed by atoms with Gasteiger partial charge in [0.15, 0.2) is 29.2 Å². The molecule has 7 N–H and O–H groups in total. The molecule has 8 heterocycles. The number of carbonyl (C=O) groups is 1. The first-order valence-corrected chi connectivity index (χ1v) is 28.1. The van der Waals surface area contributed by atoms with E-state index in [1.807, 2.05) is 62.9 Å². The Kier molecular flexibility index (Phi) is 20.4. The van der Waals surface area contributed by atoms with Gasteiger partial charge in [-0.3, -0.25) is 9.64 Å². The molecular weight excluding hydrogens is 1170 g/mol. The van der Waals surface area contributed by atoms with Crippen LogP contribution in [0.15, 0.2) is 49.6 Å². The number of aromatic nitrogens is 12. The van der Waals surface area contributed by atoms with E-state index < -0.39 is 53.0 Å². The zero-order chi connectivity index (χ0) is 64.3. The Morgan fingerprint density at radius 1 is 0.697 bits per heavy atom. The lowest BCUT2D eigenvalue weighted by atomic mass is 9.98. The Morgan fingerprint density at radius 2 is 1.13 bits per heavy atom. The first kappa shape index (κ1) is 65.1. The van der Waals surface area contributed by atoms with Gasteiger partial charge in [0.2, 0.25) is 23.5 Å². The maximum atomic E-state index is 13.0. The third-order valence-corrected chi connectivity index (χ3v) is 14.9. The normalized spacial score (nSPS) is 17.0. The third-order valence-electron chi connectivity index (χ3n) is 14.9. The molecule has 3 atom stereocenters. The summed E-state index contributed by atoms with van der Waals surface area (Å²) in [7, 11) is 3.78. The number of amides is 1. The van der Waals surface area contributed by atoms with Crippen LogP contribution in [0.4, 0.5) is 49.9 Å². The fraction of sp³-hybridized carbons (Fsp3) is 0.518. The number of pyridine rings is 2. The summed E-state index contributed by atoms with van der Waals surface area (Å²) in [4.78, 5) is 62.4. The Bertz CT molecular complexity index is 3590. The maximum Gasteiger partial charge on any atom is 0.408 e. The zero-order valence-electron chi connectivity index (χ0n) is 48.9. The summed E-state index contributed by atoms with van der Waals surface area (Å²) in [6.45, 7) is 12.4. The topological polar surface area (TPSA) is 365 Å². The Balaban J connectivity index is 0.000000209. The van der Waals surface area contributed by atoms with Crippen molar-refractivity contribution in [2.45, 2.75) is 95.7 Å². The summed E-state index contributed by atoms with van der Waals surface area (Å²) < 4.78 is 99.4. The minimum Gasteiger partial charge on any atom is -0.489 e. The number of alkyl halides is 6. The van der Waals surface area contributed by atoms with Crippen molar-refractivity contribution in [1.29, 1.82) is 15.8 Å². The van der Waals surface area contributed by atoms with Crippen LogP contribution in [0.2, 0.25) is 0 Å². The van der Waals surface area contributed by atoms with Gasteiger partial charge in [0.1, 0.15) is 19.3 Å². The molecule has 6 aromatic heterocycles. The van der Waals surface area contributed by atoms with E-state index in [-0.39, 0.29) is 54.7 Å². The second kappa shape index (κ2) is 27.9. The lowest BCUT2D eigenvalue weighted by Crippen LogP contribution is -2.44. The molecule has 4 fully saturated rings. The largest absolute Gasteiger partial charge is 0.489 e. The molecule has 470 valence electrons. The lowest BCUT2D eigenvalue weighted by molar-refractivity contribution is -0.149. The van der Waals surface area contributed by atoms with E-state index in [9.17, 15) is 46.9 Å². The molecule has 6 aromatic rings. The standard InChI is InChI=1S/C27H31F3N10O3.C26H27N11O2.C3H6F3N/c1-16(27(28,29)30)35-23(41)22-36-24(38-25(37-22)43-14-26(13-31)5-6-26)40-7-3-17(4-8-40)12-42-20-9-18(10-33-21(20)32)19-11-39(2)15-34-19;1-30-19(10-27)23-33-24(35-25(34-23)39-15-26(14-28)5-6-26)37-7-3-17(4-8-37)13-38-21-9-18(11-31-22(21)29)20-12-36(2)16-32-20;1-2(7)3(4,5)6/h9-11,15-17H,3-8,12,14H2,1-2H3,(H2,32,33)(H,35,41);9,11-12,16-17,19H,3-8,13,15H2,2H3,(H2,29,31);2H,7H2,1H3/t16-;;2-/m0.0/s1. The van der Waals surface area contributed by atoms with Crippen molar-refractivity contribution < 1.29 is 50.1 Å². The van der Waals surface area contributed by atoms with Gasteiger partial charge in [0, 0.05) is 76.2 Å². The van der Waals surface area contributed by atoms with Crippen molar-refractivity contribution in [2.24, 2.45) is 42.5 Å². The first-order chi connectivity index (χ1) is 42.3. The highest BCUT2D eigenvalue weighted by Crippen LogP contribution is 2.46. The van der Waals surface area contributed by atoms with Crippen molar-refractivity contribution in [1.82, 2.24) is 64.3 Å². The number of halogens is 6. The van der Waals surface area contributed by atoms with Gasteiger partial charge in [-0.15, -0.1) is 0 Å². The molecule has 1 unspecified atom stereocenters. The van der Waals surface area contributed by atoms with Crippen LogP contribution in [-0.4, -0.2) is 142 Å². The highest BCUT2D eigenvalue weighted by Gasteiger charge is 2.46. The highest BCUT2D eigenvalue weighted by molar-refractivity contribution is 5.91. The van der Waals surface area contributed by atoms with Crippen molar-refractivity contribution in [3.63, 3.8) is 0 Å². The minimum atomic E-state index is -4.64. The quantitative estimate of drug-likeness (QED) is 0.0495. The van der Waals surface area contributed by atoms with Gasteiger partial charge in [-0.2, -0.15) is 72.0 Å². The van der Waals surface area contributed by atoms with Gasteiger partial charge >= 0.3 is 30.4 Å². The Hall–Kier alpha value is -9.89. The Labute approximate surface area is 507 Å². The van der Waals surface area contributed by atoms with E-state index in [1.54, 1.807) is 31.1 Å². The van der Waals surface area contributed by atoms with Crippen LogP contribution in [0.5, 0.6) is 23.5 Å². The molecule has 2 aliphatic heterocycles. The van der Waals surface area contributed by atoms with Gasteiger partial charge in [0.25, 0.3) is 5.91 Å². The second-order valence-corrected chi connectivity index (χ2v) is 22.2. The minimum absolute atomic E-state index is 0.00586. The summed E-state index contributed by atoms with van der Waals surface area (Å²) in [5.74, 6) is 0.916. The lowest BCUT2D eigenvalue weighted by Gasteiger charge is -2.32. The van der Waals surface area contributed by atoms with E-state index >= 15 is 0 Å². The number of nitriles is 3. The van der Waals surface area contributed by atoms with Crippen molar-refractivity contribution in [3.8, 4) is 64.2 Å². The molecule has 0 bridgehead atoms. The van der Waals surface area contributed by atoms with Gasteiger partial charge in [-0.25, -0.2) is 26.5 Å². The predicted molar refractivity (Wildman–Crippen MR) is 305 cm³/mol. The molecule has 89 heavy (non-hydrogen) atoms. The zero-order valence-corrected chi connectivity index (χ0v) is 48.9. The van der Waals surface area contributed by atoms with E-state index in [0.717, 1.165) is 62.0 Å². The van der Waals surface area contributed by atoms with E-state index in [2.05, 4.69) is 72.6 Å². The van der Waals surface area contributed by atoms with Crippen LogP contribution < -0.4 is 51.3 Å². The van der Waals surface area contributed by atoms with E-state index in [1.165, 1.54) is 0 Å². The highest BCUT2D eigenvalue weighted by atomic mass is 19.4. The molecule has 2 saturated heterocycles. The molecule has 0 spiro atoms. The predicted octanol–water partition coefficient (Wildman–Crippen LogP) is 6.52. The summed E-state index contributed by atoms with van der Waals surface area (Å²) in [5, 5.41) is 29.9. The smallest absolute Gasteiger partial charge is 0.408 e. The van der Waals surface area contributed by atoms with Crippen LogP contribution in [0.25, 0.3) is 27.4 Å². The molecule has 27 nitrogen and oxygen atoms in total. The van der Waals surface area contributed by atoms with Crippen LogP contribution in [0, 0.1) is 63.2 Å². The van der Waals surface area contributed by atoms with Gasteiger partial charge in [0.05, 0.1) is 66.3 Å². The molecular formula is C56H64F6N22O5. The molecule has 2 saturated carbocycles. The summed E-state index contributed by atoms with van der Waals surface area (Å²) in [6.07, 6.45) is 7.47. The second-order valence-electron chi connectivity index (χ2n) is 22.2. The van der Waals surface area contributed by atoms with Crippen molar-refractivity contribution >= 4 is 29.4 Å². The molecule has 4 aliphatic rings. The number of rotatable bonds is 19. The van der Waals surface area contributed by atoms with Gasteiger partial charge < -0.3 is 60.4 Å². The fourth-order valence-electron chi connectivity index (χ4n) is 8.67. The van der Waals surface area contributed by atoms with Crippen molar-refractivity contribution in [2.75, 3.05) is 73.9 Å². The number of nitrogen functional groups attached to an aromatic ring is 2. The number of ether oxygens (including phenoxy) is 4. The van der Waals surface area contributed by atoms with Crippen molar-refractivity contribution in [3.05, 3.63) is 72.6 Å². The third kappa shape index (κ3) is 17.7. The number of hydrogen-bond donors (Lipinski definition) is 4. The van der Waals surface area contributed by atoms with Gasteiger partial charge in [-0.1, -0.05) is 0 Å². The fourth-order valence-corrected chi connectivity index (χ4v) is 8.67. The Morgan fingerprint density at radius 3 is 1.51 bits per heavy atom. The SMILES string of the molecule is C[C@H](N)C(F)(F)F.C[C@H](NC(=O)c1nc(OCC2(C#N)CC2)nc(N2CCC(COc3cc(-c4cn(C)cn4)cnc3N)CC2)n1)C(F)(F)F.[C-]#[N+]C(C#N)c1nc(OCC2(C#N)CC2)nc(N2CCC(COc3cc(-c4cn(C)cn4)cnc3N)CC2)n1. The summed E-state index contributed by atoms with van der Waals surface area (Å²) in [5.41, 5.74) is 18.5. The summed E-state index contributed by atoms with van der Waals surface area (Å²) >= 11 is 0. The molecule has 10 rings (SSSR count). The van der Waals surface area contributed by atoms with E-state index in [0.29, 0.717) is 88.3 Å². The van der Waals surface area contributed by atoms with Crippen LogP contribution >= 0.6 is 0 Å². The molecule has 0 aromatic carbocycles. The number of anilines is 4. The number of nitrogens with two attached hydrogens (primary N) is 3. The monoisotopic (exact) mass is 1240 g/mol. The number of aryl methyl sites for hydroxylation is 2. The number of hydrogen-bond acceptors (Lipinski definition) is 23. The number of carbonyl (C=O) groups excluding carboxylic acids is 1. The average molecular weight is 1240 g/mol. The van der Waals surface area contributed by atoms with Crippen LogP contribution in [0.1, 0.15) is 87.7 Å². The van der Waals surface area contributed by atoms with E-state index in [4.69, 9.17) is 37.0 Å². The maximum absolute atomic E-state index is 13.0. The average Bonchev–Trinajstić information content (AvgIpc) is 3.06. The van der Waals surface area contributed by atoms with Crippen LogP contribution in [-0.2, 0) is 14.1 Å². The molecule has 2 aliphatic carbocycles. The number of imidazole rings is 2. The number of piperidine rings is 2. The number of nitrogens with zero attached hydrogens (tertiary/aromatic N) is 18. The first-order valence-electron chi connectivity index (χ1n) is 28.1. The number of nitrogens with one attached hydrogen (secondary N) is 1. The van der Waals surface area contributed by atoms with Gasteiger partial charge in [-0.05, 0) is 89.2 Å². The molecule has 33 heteroatoms. The molecule has 1 amide bonds. The van der Waals surface area contributed by atoms with Crippen LogP contribution in [0.3, 0.4) is 0 Å². The molecule has 0 radical (unpaired) electrons. The summed E-state index contributed by atoms with van der Waals surface area (Å²) in [6, 6.07) is 4.86.